The quantitative estimate of drug-likeness (QED) is 0.727. The van der Waals surface area contributed by atoms with Crippen LogP contribution in [0.4, 0.5) is 24.7 Å². The van der Waals surface area contributed by atoms with Crippen LogP contribution in [0.3, 0.4) is 0 Å². The maximum absolute atomic E-state index is 12.6. The number of nitrogens with one attached hydrogen (secondary N) is 1. The molecule has 0 aliphatic heterocycles. The first-order valence-corrected chi connectivity index (χ1v) is 7.76. The number of nitrogens with zero attached hydrogens (tertiary/aromatic N) is 2. The average Bonchev–Trinajstić information content (AvgIpc) is 3.02. The molecule has 3 rings (SSSR count). The van der Waals surface area contributed by atoms with Crippen molar-refractivity contribution in [2.45, 2.75) is 6.18 Å². The molecule has 0 bridgehead atoms. The number of methoxy groups -OCH3 is 1. The number of aromatic nitrogens is 2. The van der Waals surface area contributed by atoms with Crippen LogP contribution in [0, 0.1) is 0 Å². The number of nitrogen functional groups attached to an aromatic ring is 1. The van der Waals surface area contributed by atoms with E-state index in [0.29, 0.717) is 11.4 Å². The van der Waals surface area contributed by atoms with Gasteiger partial charge < -0.3 is 15.8 Å². The molecular weight excluding hydrogens is 361 g/mol. The fourth-order valence-corrected chi connectivity index (χ4v) is 2.49. The SMILES string of the molecule is COc1ccccc1-n1cnc(C(=O)Nc2ccc(C(F)(F)F)cc2)c1N. The van der Waals surface area contributed by atoms with Crippen molar-refractivity contribution in [3.8, 4) is 11.4 Å². The van der Waals surface area contributed by atoms with Crippen molar-refractivity contribution in [1.82, 2.24) is 9.55 Å². The molecule has 2 aromatic carbocycles. The second-order valence-electron chi connectivity index (χ2n) is 5.55. The Kier molecular flexibility index (Phi) is 4.76. The number of benzene rings is 2. The minimum absolute atomic E-state index is 0.0548. The molecule has 1 amide bonds. The van der Waals surface area contributed by atoms with Gasteiger partial charge in [-0.25, -0.2) is 4.98 Å². The van der Waals surface area contributed by atoms with Crippen molar-refractivity contribution in [2.24, 2.45) is 0 Å². The van der Waals surface area contributed by atoms with E-state index in [9.17, 15) is 18.0 Å². The van der Waals surface area contributed by atoms with Gasteiger partial charge in [0.15, 0.2) is 5.69 Å². The number of halogens is 3. The smallest absolute Gasteiger partial charge is 0.416 e. The third-order valence-electron chi connectivity index (χ3n) is 3.83. The van der Waals surface area contributed by atoms with E-state index in [2.05, 4.69) is 10.3 Å². The largest absolute Gasteiger partial charge is 0.495 e. The molecular formula is C18H15F3N4O2. The van der Waals surface area contributed by atoms with Crippen LogP contribution in [-0.2, 0) is 6.18 Å². The highest BCUT2D eigenvalue weighted by Crippen LogP contribution is 2.30. The van der Waals surface area contributed by atoms with E-state index in [1.807, 2.05) is 0 Å². The van der Waals surface area contributed by atoms with E-state index in [4.69, 9.17) is 10.5 Å². The molecule has 140 valence electrons. The Balaban J connectivity index is 1.83. The second kappa shape index (κ2) is 7.02. The van der Waals surface area contributed by atoms with E-state index in [-0.39, 0.29) is 17.2 Å². The lowest BCUT2D eigenvalue weighted by atomic mass is 10.2. The first-order valence-electron chi connectivity index (χ1n) is 7.76. The van der Waals surface area contributed by atoms with Crippen LogP contribution in [0.2, 0.25) is 0 Å². The van der Waals surface area contributed by atoms with Crippen LogP contribution in [0.25, 0.3) is 5.69 Å². The van der Waals surface area contributed by atoms with Gasteiger partial charge in [-0.05, 0) is 36.4 Å². The summed E-state index contributed by atoms with van der Waals surface area (Å²) in [5.74, 6) is -0.0267. The predicted molar refractivity (Wildman–Crippen MR) is 93.9 cm³/mol. The number of carbonyl (C=O) groups excluding carboxylic acids is 1. The molecule has 9 heteroatoms. The molecule has 0 aliphatic rings. The van der Waals surface area contributed by atoms with Crippen LogP contribution >= 0.6 is 0 Å². The fraction of sp³-hybridized carbons (Fsp3) is 0.111. The highest BCUT2D eigenvalue weighted by Gasteiger charge is 2.30. The zero-order valence-electron chi connectivity index (χ0n) is 14.1. The monoisotopic (exact) mass is 376 g/mol. The van der Waals surface area contributed by atoms with Crippen molar-refractivity contribution in [3.05, 3.63) is 66.1 Å². The van der Waals surface area contributed by atoms with Crippen LogP contribution in [-0.4, -0.2) is 22.6 Å². The lowest BCUT2D eigenvalue weighted by Gasteiger charge is -2.11. The maximum atomic E-state index is 12.6. The highest BCUT2D eigenvalue weighted by atomic mass is 19.4. The Hall–Kier alpha value is -3.49. The van der Waals surface area contributed by atoms with Crippen LogP contribution < -0.4 is 15.8 Å². The number of para-hydroxylation sites is 2. The summed E-state index contributed by atoms with van der Waals surface area (Å²) < 4.78 is 44.5. The van der Waals surface area contributed by atoms with E-state index in [1.165, 1.54) is 18.0 Å². The van der Waals surface area contributed by atoms with Gasteiger partial charge in [-0.15, -0.1) is 0 Å². The summed E-state index contributed by atoms with van der Waals surface area (Å²) in [6, 6.07) is 11.1. The van der Waals surface area contributed by atoms with Gasteiger partial charge in [0.05, 0.1) is 18.4 Å². The topological polar surface area (TPSA) is 82.2 Å². The van der Waals surface area contributed by atoms with E-state index in [0.717, 1.165) is 24.3 Å². The Morgan fingerprint density at radius 2 is 1.81 bits per heavy atom. The average molecular weight is 376 g/mol. The number of imidazole rings is 1. The minimum Gasteiger partial charge on any atom is -0.495 e. The zero-order valence-corrected chi connectivity index (χ0v) is 14.1. The first-order chi connectivity index (χ1) is 12.8. The number of carbonyl (C=O) groups is 1. The second-order valence-corrected chi connectivity index (χ2v) is 5.55. The van der Waals surface area contributed by atoms with Crippen molar-refractivity contribution in [1.29, 1.82) is 0 Å². The Labute approximate surface area is 152 Å². The van der Waals surface area contributed by atoms with Crippen molar-refractivity contribution < 1.29 is 22.7 Å². The molecule has 6 nitrogen and oxygen atoms in total. The highest BCUT2D eigenvalue weighted by molar-refractivity contribution is 6.06. The molecule has 3 N–H and O–H groups in total. The normalized spacial score (nSPS) is 11.3. The Morgan fingerprint density at radius 3 is 2.44 bits per heavy atom. The summed E-state index contributed by atoms with van der Waals surface area (Å²) in [6.45, 7) is 0. The predicted octanol–water partition coefficient (Wildman–Crippen LogP) is 3.73. The van der Waals surface area contributed by atoms with Crippen molar-refractivity contribution in [3.63, 3.8) is 0 Å². The molecule has 0 saturated heterocycles. The lowest BCUT2D eigenvalue weighted by molar-refractivity contribution is -0.137. The van der Waals surface area contributed by atoms with Gasteiger partial charge in [0.1, 0.15) is 17.9 Å². The molecule has 0 unspecified atom stereocenters. The number of amides is 1. The third kappa shape index (κ3) is 3.71. The number of rotatable bonds is 4. The van der Waals surface area contributed by atoms with Crippen molar-refractivity contribution >= 4 is 17.4 Å². The van der Waals surface area contributed by atoms with Gasteiger partial charge in [-0.2, -0.15) is 13.2 Å². The Bertz CT molecular complexity index is 965. The molecule has 0 radical (unpaired) electrons. The number of anilines is 2. The Morgan fingerprint density at radius 1 is 1.15 bits per heavy atom. The van der Waals surface area contributed by atoms with Crippen LogP contribution in [0.1, 0.15) is 16.1 Å². The summed E-state index contributed by atoms with van der Waals surface area (Å²) >= 11 is 0. The van der Waals surface area contributed by atoms with Crippen molar-refractivity contribution in [2.75, 3.05) is 18.2 Å². The van der Waals surface area contributed by atoms with E-state index in [1.54, 1.807) is 24.3 Å². The van der Waals surface area contributed by atoms with E-state index >= 15 is 0 Å². The molecule has 0 atom stereocenters. The van der Waals surface area contributed by atoms with Gasteiger partial charge in [-0.3, -0.25) is 9.36 Å². The van der Waals surface area contributed by atoms with Gasteiger partial charge >= 0.3 is 6.18 Å². The summed E-state index contributed by atoms with van der Waals surface area (Å²) in [4.78, 5) is 16.4. The molecule has 1 heterocycles. The summed E-state index contributed by atoms with van der Waals surface area (Å²) in [7, 11) is 1.50. The zero-order chi connectivity index (χ0) is 19.6. The molecule has 0 aliphatic carbocycles. The molecule has 1 aromatic heterocycles. The minimum atomic E-state index is -4.44. The standard InChI is InChI=1S/C18H15F3N4O2/c1-27-14-5-3-2-4-13(14)25-10-23-15(16(25)22)17(26)24-12-8-6-11(7-9-12)18(19,20)21/h2-10H,22H2,1H3,(H,24,26). The number of alkyl halides is 3. The van der Waals surface area contributed by atoms with Gasteiger partial charge in [0.25, 0.3) is 5.91 Å². The van der Waals surface area contributed by atoms with E-state index < -0.39 is 17.6 Å². The molecule has 0 saturated carbocycles. The maximum Gasteiger partial charge on any atom is 0.416 e. The number of hydrogen-bond donors (Lipinski definition) is 2. The van der Waals surface area contributed by atoms with Gasteiger partial charge in [0, 0.05) is 5.69 Å². The summed E-state index contributed by atoms with van der Waals surface area (Å²) in [5, 5.41) is 2.48. The number of nitrogens with two attached hydrogens (primary N) is 1. The lowest BCUT2D eigenvalue weighted by Crippen LogP contribution is -2.15. The molecule has 3 aromatic rings. The summed E-state index contributed by atoms with van der Waals surface area (Å²) in [6.07, 6.45) is -3.07. The third-order valence-corrected chi connectivity index (χ3v) is 3.83. The molecule has 0 spiro atoms. The van der Waals surface area contributed by atoms with Crippen LogP contribution in [0.5, 0.6) is 5.75 Å². The fourth-order valence-electron chi connectivity index (χ4n) is 2.49. The number of hydrogen-bond acceptors (Lipinski definition) is 4. The van der Waals surface area contributed by atoms with Crippen LogP contribution in [0.15, 0.2) is 54.9 Å². The summed E-state index contributed by atoms with van der Waals surface area (Å²) in [5.41, 5.74) is 5.96. The first kappa shape index (κ1) is 18.3. The van der Waals surface area contributed by atoms with Gasteiger partial charge in [-0.1, -0.05) is 12.1 Å². The molecule has 27 heavy (non-hydrogen) atoms. The number of ether oxygens (including phenoxy) is 1. The van der Waals surface area contributed by atoms with Gasteiger partial charge in [0.2, 0.25) is 0 Å². The molecule has 0 fully saturated rings.